The second kappa shape index (κ2) is 7.32. The second-order valence-electron chi connectivity index (χ2n) is 7.84. The van der Waals surface area contributed by atoms with Gasteiger partial charge in [0.2, 0.25) is 11.5 Å². The Kier molecular flexibility index (Phi) is 4.47. The van der Waals surface area contributed by atoms with Gasteiger partial charge >= 0.3 is 0 Å². The molecule has 1 aromatic carbocycles. The molecule has 3 heterocycles. The fourth-order valence-corrected chi connectivity index (χ4v) is 4.15. The summed E-state index contributed by atoms with van der Waals surface area (Å²) in [6.45, 7) is 7.22. The van der Waals surface area contributed by atoms with Crippen molar-refractivity contribution in [1.82, 2.24) is 25.5 Å². The Hall–Kier alpha value is -4.06. The summed E-state index contributed by atoms with van der Waals surface area (Å²) in [5.74, 6) is 0.456. The first-order valence-corrected chi connectivity index (χ1v) is 9.96. The largest absolute Gasteiger partial charge is 0.337 e. The fourth-order valence-electron chi connectivity index (χ4n) is 4.15. The predicted molar refractivity (Wildman–Crippen MR) is 112 cm³/mol. The maximum absolute atomic E-state index is 13.1. The fraction of sp³-hybridized carbons (Fsp3) is 0.273. The van der Waals surface area contributed by atoms with Gasteiger partial charge in [-0.15, -0.1) is 5.10 Å². The summed E-state index contributed by atoms with van der Waals surface area (Å²) < 4.78 is 0. The van der Waals surface area contributed by atoms with Crippen LogP contribution >= 0.6 is 0 Å². The van der Waals surface area contributed by atoms with E-state index in [9.17, 15) is 9.59 Å². The molecule has 2 N–H and O–H groups in total. The van der Waals surface area contributed by atoms with Crippen LogP contribution in [-0.4, -0.2) is 45.1 Å². The molecule has 154 valence electrons. The van der Waals surface area contributed by atoms with E-state index in [2.05, 4.69) is 30.3 Å². The minimum Gasteiger partial charge on any atom is -0.337 e. The number of rotatable bonds is 4. The average molecular weight is 413 g/mol. The lowest BCUT2D eigenvalue weighted by molar-refractivity contribution is -0.120. The Morgan fingerprint density at radius 1 is 1.35 bits per heavy atom. The number of aromatic amines is 1. The standard InChI is InChI=1S/C22H19N7O2/c1-23-13-9-16-14-10-15(14)18(22(31)29(2)20(16)24-11-13)26-21(30)19-25-17(27-28-19)8-12-6-4-3-5-7-12/h3-7,9,11,14-15,18H,8,10H2,2H3,(H,26,30)(H,25,27,28)/t14-,15?,18+/m1/s1. The number of benzene rings is 1. The Morgan fingerprint density at radius 3 is 2.94 bits per heavy atom. The SMILES string of the molecule is [C-]#[N+]c1cnc2c(c1)[C@@H]1CC1[C@H](NC(=O)c1n[nH]c(Cc3ccccc3)n1)C(=O)N2C. The van der Waals surface area contributed by atoms with E-state index in [0.717, 1.165) is 17.5 Å². The third-order valence-electron chi connectivity index (χ3n) is 5.83. The number of fused-ring (bicyclic) bond motifs is 3. The van der Waals surface area contributed by atoms with Crippen LogP contribution in [0.3, 0.4) is 0 Å². The highest BCUT2D eigenvalue weighted by Crippen LogP contribution is 2.54. The molecule has 0 spiro atoms. The van der Waals surface area contributed by atoms with Gasteiger partial charge in [-0.1, -0.05) is 30.3 Å². The quantitative estimate of drug-likeness (QED) is 0.638. The van der Waals surface area contributed by atoms with Crippen molar-refractivity contribution in [3.8, 4) is 0 Å². The van der Waals surface area contributed by atoms with E-state index >= 15 is 0 Å². The molecular weight excluding hydrogens is 394 g/mol. The maximum Gasteiger partial charge on any atom is 0.291 e. The second-order valence-corrected chi connectivity index (χ2v) is 7.84. The number of nitrogens with zero attached hydrogens (tertiary/aromatic N) is 5. The summed E-state index contributed by atoms with van der Waals surface area (Å²) >= 11 is 0. The Morgan fingerprint density at radius 2 is 2.16 bits per heavy atom. The van der Waals surface area contributed by atoms with Crippen molar-refractivity contribution >= 4 is 23.3 Å². The molecule has 0 saturated heterocycles. The molecule has 2 aliphatic rings. The molecule has 2 aromatic heterocycles. The summed E-state index contributed by atoms with van der Waals surface area (Å²) in [5, 5.41) is 9.65. The van der Waals surface area contributed by atoms with Crippen LogP contribution in [-0.2, 0) is 11.2 Å². The lowest BCUT2D eigenvalue weighted by Gasteiger charge is -2.22. The maximum atomic E-state index is 13.1. The summed E-state index contributed by atoms with van der Waals surface area (Å²) in [6, 6.07) is 10.9. The zero-order chi connectivity index (χ0) is 21.5. The minimum absolute atomic E-state index is 0.00811. The summed E-state index contributed by atoms with van der Waals surface area (Å²) in [6.07, 6.45) is 2.75. The third-order valence-corrected chi connectivity index (χ3v) is 5.83. The van der Waals surface area contributed by atoms with Crippen LogP contribution in [0.15, 0.2) is 42.6 Å². The van der Waals surface area contributed by atoms with E-state index < -0.39 is 11.9 Å². The van der Waals surface area contributed by atoms with Crippen LogP contribution in [0.1, 0.15) is 39.9 Å². The van der Waals surface area contributed by atoms with E-state index in [1.807, 2.05) is 30.3 Å². The van der Waals surface area contributed by atoms with Gasteiger partial charge < -0.3 is 5.32 Å². The number of hydrogen-bond acceptors (Lipinski definition) is 5. The van der Waals surface area contributed by atoms with Gasteiger partial charge in [-0.05, 0) is 35.4 Å². The van der Waals surface area contributed by atoms with Gasteiger partial charge in [0.25, 0.3) is 11.8 Å². The molecule has 0 radical (unpaired) electrons. The molecule has 9 nitrogen and oxygen atoms in total. The molecule has 0 bridgehead atoms. The number of anilines is 1. The van der Waals surface area contributed by atoms with Crippen molar-refractivity contribution in [2.75, 3.05) is 11.9 Å². The number of carbonyl (C=O) groups excluding carboxylic acids is 2. The van der Waals surface area contributed by atoms with Crippen molar-refractivity contribution in [3.05, 3.63) is 76.8 Å². The normalized spacial score (nSPS) is 21.5. The van der Waals surface area contributed by atoms with Crippen LogP contribution in [0.5, 0.6) is 0 Å². The lowest BCUT2D eigenvalue weighted by atomic mass is 10.1. The summed E-state index contributed by atoms with van der Waals surface area (Å²) in [5.41, 5.74) is 2.38. The zero-order valence-corrected chi connectivity index (χ0v) is 16.7. The molecule has 1 aliphatic heterocycles. The topological polar surface area (TPSA) is 108 Å². The molecule has 9 heteroatoms. The van der Waals surface area contributed by atoms with E-state index in [4.69, 9.17) is 6.57 Å². The smallest absolute Gasteiger partial charge is 0.291 e. The summed E-state index contributed by atoms with van der Waals surface area (Å²) in [7, 11) is 1.64. The lowest BCUT2D eigenvalue weighted by Crippen LogP contribution is -2.48. The number of likely N-dealkylation sites (N-methyl/N-ethyl adjacent to an activating group) is 1. The van der Waals surface area contributed by atoms with E-state index in [1.54, 1.807) is 13.1 Å². The van der Waals surface area contributed by atoms with E-state index in [0.29, 0.717) is 23.8 Å². The number of hydrogen-bond donors (Lipinski definition) is 2. The Labute approximate surface area is 178 Å². The van der Waals surface area contributed by atoms with Crippen molar-refractivity contribution in [2.24, 2.45) is 5.92 Å². The van der Waals surface area contributed by atoms with Crippen molar-refractivity contribution in [1.29, 1.82) is 0 Å². The molecule has 3 aromatic rings. The number of nitrogens with one attached hydrogen (secondary N) is 2. The molecular formula is C22H19N7O2. The van der Waals surface area contributed by atoms with Gasteiger partial charge in [0, 0.05) is 19.7 Å². The number of carbonyl (C=O) groups is 2. The van der Waals surface area contributed by atoms with Gasteiger partial charge in [0.1, 0.15) is 17.7 Å². The van der Waals surface area contributed by atoms with Crippen LogP contribution in [0.4, 0.5) is 11.5 Å². The first-order valence-electron chi connectivity index (χ1n) is 9.96. The molecule has 5 rings (SSSR count). The highest BCUT2D eigenvalue weighted by Gasteiger charge is 2.52. The van der Waals surface area contributed by atoms with Gasteiger partial charge in [0.05, 0.1) is 6.57 Å². The number of amides is 2. The third kappa shape index (κ3) is 3.42. The van der Waals surface area contributed by atoms with Gasteiger partial charge in [-0.3, -0.25) is 24.6 Å². The molecule has 1 fully saturated rings. The highest BCUT2D eigenvalue weighted by atomic mass is 16.2. The average Bonchev–Trinajstić information content (AvgIpc) is 3.46. The predicted octanol–water partition coefficient (Wildman–Crippen LogP) is 2.22. The molecule has 3 atom stereocenters. The molecule has 2 amide bonds. The van der Waals surface area contributed by atoms with Gasteiger partial charge in [-0.2, -0.15) is 0 Å². The molecule has 31 heavy (non-hydrogen) atoms. The van der Waals surface area contributed by atoms with Crippen molar-refractivity contribution in [3.63, 3.8) is 0 Å². The summed E-state index contributed by atoms with van der Waals surface area (Å²) in [4.78, 5) is 39.4. The van der Waals surface area contributed by atoms with E-state index in [-0.39, 0.29) is 23.6 Å². The van der Waals surface area contributed by atoms with Crippen LogP contribution in [0.2, 0.25) is 0 Å². The van der Waals surface area contributed by atoms with Gasteiger partial charge in [-0.25, -0.2) is 9.83 Å². The Bertz CT molecular complexity index is 1210. The highest BCUT2D eigenvalue weighted by molar-refractivity contribution is 6.02. The number of pyridine rings is 1. The molecule has 1 unspecified atom stereocenters. The van der Waals surface area contributed by atoms with Crippen molar-refractivity contribution in [2.45, 2.75) is 24.8 Å². The van der Waals surface area contributed by atoms with Crippen molar-refractivity contribution < 1.29 is 9.59 Å². The first-order chi connectivity index (χ1) is 15.0. The molecule has 1 aliphatic carbocycles. The van der Waals surface area contributed by atoms with Crippen LogP contribution < -0.4 is 10.2 Å². The molecule has 1 saturated carbocycles. The van der Waals surface area contributed by atoms with Gasteiger partial charge in [0.15, 0.2) is 0 Å². The number of H-pyrrole nitrogens is 1. The van der Waals surface area contributed by atoms with Crippen LogP contribution in [0.25, 0.3) is 4.85 Å². The van der Waals surface area contributed by atoms with E-state index in [1.165, 1.54) is 11.1 Å². The Balaban J connectivity index is 1.33. The number of aromatic nitrogens is 4. The monoisotopic (exact) mass is 413 g/mol. The van der Waals surface area contributed by atoms with Crippen LogP contribution in [0, 0.1) is 12.5 Å². The zero-order valence-electron chi connectivity index (χ0n) is 16.7. The first kappa shape index (κ1) is 18.9. The minimum atomic E-state index is -0.691.